The van der Waals surface area contributed by atoms with Crippen LogP contribution in [0.5, 0.6) is 0 Å². The molecule has 3 rings (SSSR count). The largest absolute Gasteiger partial charge is 0.321 e. The van der Waals surface area contributed by atoms with Crippen LogP contribution in [0.3, 0.4) is 0 Å². The summed E-state index contributed by atoms with van der Waals surface area (Å²) < 4.78 is 13.4. The number of non-ortho nitro benzene ring substituents is 1. The molecule has 30 heavy (non-hydrogen) atoms. The van der Waals surface area contributed by atoms with E-state index < -0.39 is 16.6 Å². The minimum atomic E-state index is -0.642. The fourth-order valence-corrected chi connectivity index (χ4v) is 3.42. The molecular weight excluding hydrogens is 389 g/mol. The molecular formula is C22H22FN3O4. The summed E-state index contributed by atoms with van der Waals surface area (Å²) >= 11 is 0. The van der Waals surface area contributed by atoms with Crippen molar-refractivity contribution in [2.75, 3.05) is 5.32 Å². The maximum atomic E-state index is 13.4. The van der Waals surface area contributed by atoms with Gasteiger partial charge in [0.1, 0.15) is 11.5 Å². The number of nitro benzene ring substituents is 1. The van der Waals surface area contributed by atoms with Crippen molar-refractivity contribution in [1.82, 2.24) is 5.32 Å². The van der Waals surface area contributed by atoms with Crippen LogP contribution in [0.2, 0.25) is 0 Å². The van der Waals surface area contributed by atoms with E-state index in [0.29, 0.717) is 5.56 Å². The third kappa shape index (κ3) is 5.73. The second-order valence-corrected chi connectivity index (χ2v) is 7.20. The molecule has 8 heteroatoms. The van der Waals surface area contributed by atoms with E-state index in [2.05, 4.69) is 10.6 Å². The number of anilines is 1. The van der Waals surface area contributed by atoms with Crippen molar-refractivity contribution in [3.8, 4) is 0 Å². The predicted molar refractivity (Wildman–Crippen MR) is 111 cm³/mol. The van der Waals surface area contributed by atoms with Gasteiger partial charge < -0.3 is 10.6 Å². The molecule has 2 aromatic carbocycles. The lowest BCUT2D eigenvalue weighted by molar-refractivity contribution is -0.384. The first-order valence-electron chi connectivity index (χ1n) is 9.76. The molecule has 0 unspecified atom stereocenters. The Kier molecular flexibility index (Phi) is 6.90. The smallest absolute Gasteiger partial charge is 0.272 e. The van der Waals surface area contributed by atoms with Crippen molar-refractivity contribution in [1.29, 1.82) is 0 Å². The van der Waals surface area contributed by atoms with Gasteiger partial charge >= 0.3 is 0 Å². The Morgan fingerprint density at radius 2 is 1.80 bits per heavy atom. The number of halogens is 1. The van der Waals surface area contributed by atoms with Gasteiger partial charge in [-0.1, -0.05) is 37.5 Å². The van der Waals surface area contributed by atoms with Gasteiger partial charge in [-0.05, 0) is 42.7 Å². The number of rotatable bonds is 6. The van der Waals surface area contributed by atoms with E-state index in [4.69, 9.17) is 0 Å². The molecule has 0 radical (unpaired) electrons. The molecule has 2 N–H and O–H groups in total. The predicted octanol–water partition coefficient (Wildman–Crippen LogP) is 4.41. The molecule has 0 bridgehead atoms. The van der Waals surface area contributed by atoms with Crippen LogP contribution in [0, 0.1) is 21.8 Å². The second kappa shape index (κ2) is 9.78. The number of nitrogens with one attached hydrogen (secondary N) is 2. The van der Waals surface area contributed by atoms with Crippen LogP contribution in [0.4, 0.5) is 15.8 Å². The van der Waals surface area contributed by atoms with Gasteiger partial charge in [0.05, 0.1) is 4.92 Å². The second-order valence-electron chi connectivity index (χ2n) is 7.20. The minimum absolute atomic E-state index is 0.0599. The summed E-state index contributed by atoms with van der Waals surface area (Å²) in [4.78, 5) is 36.0. The van der Waals surface area contributed by atoms with Crippen molar-refractivity contribution >= 4 is 29.3 Å². The lowest BCUT2D eigenvalue weighted by atomic mass is 9.88. The molecule has 1 fully saturated rings. The molecule has 0 spiro atoms. The molecule has 1 saturated carbocycles. The SMILES string of the molecule is O=C(Nc1cccc(F)c1)C(=Cc1cccc([N+](=O)[O-])c1)NC(=O)C1CCCCC1. The average molecular weight is 411 g/mol. The maximum Gasteiger partial charge on any atom is 0.272 e. The topological polar surface area (TPSA) is 101 Å². The maximum absolute atomic E-state index is 13.4. The standard InChI is InChI=1S/C22H22FN3O4/c23-17-9-5-10-18(14-17)24-22(28)20(25-21(27)16-7-2-1-3-8-16)13-15-6-4-11-19(12-15)26(29)30/h4-6,9-14,16H,1-3,7-8H2,(H,24,28)(H,25,27). The number of carbonyl (C=O) groups excluding carboxylic acids is 2. The third-order valence-electron chi connectivity index (χ3n) is 4.95. The number of nitro groups is 1. The van der Waals surface area contributed by atoms with Crippen molar-refractivity contribution in [3.05, 3.63) is 75.7 Å². The van der Waals surface area contributed by atoms with E-state index in [9.17, 15) is 24.1 Å². The van der Waals surface area contributed by atoms with E-state index in [1.807, 2.05) is 0 Å². The summed E-state index contributed by atoms with van der Waals surface area (Å²) in [6.45, 7) is 0. The van der Waals surface area contributed by atoms with E-state index >= 15 is 0 Å². The van der Waals surface area contributed by atoms with E-state index in [-0.39, 0.29) is 28.9 Å². The zero-order valence-corrected chi connectivity index (χ0v) is 16.3. The Hall–Kier alpha value is -3.55. The molecule has 0 atom stereocenters. The molecule has 0 aromatic heterocycles. The summed E-state index contributed by atoms with van der Waals surface area (Å²) in [6.07, 6.45) is 5.88. The highest BCUT2D eigenvalue weighted by Gasteiger charge is 2.23. The van der Waals surface area contributed by atoms with Crippen molar-refractivity contribution in [2.24, 2.45) is 5.92 Å². The van der Waals surface area contributed by atoms with Gasteiger partial charge in [-0.25, -0.2) is 4.39 Å². The third-order valence-corrected chi connectivity index (χ3v) is 4.95. The van der Waals surface area contributed by atoms with Crippen molar-refractivity contribution < 1.29 is 18.9 Å². The van der Waals surface area contributed by atoms with Crippen LogP contribution in [0.15, 0.2) is 54.2 Å². The number of hydrogen-bond acceptors (Lipinski definition) is 4. The Labute approximate surface area is 173 Å². The fraction of sp³-hybridized carbons (Fsp3) is 0.273. The highest BCUT2D eigenvalue weighted by molar-refractivity contribution is 6.08. The normalized spacial score (nSPS) is 14.8. The minimum Gasteiger partial charge on any atom is -0.321 e. The number of hydrogen-bond donors (Lipinski definition) is 2. The summed E-state index contributed by atoms with van der Waals surface area (Å²) in [5, 5.41) is 16.2. The van der Waals surface area contributed by atoms with Crippen molar-refractivity contribution in [3.63, 3.8) is 0 Å². The molecule has 2 amide bonds. The summed E-state index contributed by atoms with van der Waals surface area (Å²) in [7, 11) is 0. The molecule has 2 aromatic rings. The van der Waals surface area contributed by atoms with Crippen molar-refractivity contribution in [2.45, 2.75) is 32.1 Å². The van der Waals surface area contributed by atoms with Crippen LogP contribution >= 0.6 is 0 Å². The molecule has 0 heterocycles. The van der Waals surface area contributed by atoms with Crippen LogP contribution in [-0.4, -0.2) is 16.7 Å². The van der Waals surface area contributed by atoms with Crippen LogP contribution in [-0.2, 0) is 9.59 Å². The lowest BCUT2D eigenvalue weighted by Crippen LogP contribution is -2.35. The zero-order chi connectivity index (χ0) is 21.5. The fourth-order valence-electron chi connectivity index (χ4n) is 3.42. The first kappa shape index (κ1) is 21.2. The average Bonchev–Trinajstić information content (AvgIpc) is 2.74. The Balaban J connectivity index is 1.87. The number of nitrogens with zero attached hydrogens (tertiary/aromatic N) is 1. The number of amides is 2. The van der Waals surface area contributed by atoms with E-state index in [1.54, 1.807) is 6.07 Å². The Morgan fingerprint density at radius 1 is 1.07 bits per heavy atom. The van der Waals surface area contributed by atoms with Gasteiger partial charge in [-0.3, -0.25) is 19.7 Å². The van der Waals surface area contributed by atoms with Gasteiger partial charge in [0.2, 0.25) is 5.91 Å². The Morgan fingerprint density at radius 3 is 2.50 bits per heavy atom. The monoisotopic (exact) mass is 411 g/mol. The summed E-state index contributed by atoms with van der Waals surface area (Å²) in [6, 6.07) is 11.1. The van der Waals surface area contributed by atoms with E-state index in [0.717, 1.165) is 38.2 Å². The molecule has 156 valence electrons. The van der Waals surface area contributed by atoms with Crippen LogP contribution in [0.1, 0.15) is 37.7 Å². The quantitative estimate of drug-likeness (QED) is 0.418. The van der Waals surface area contributed by atoms with Gasteiger partial charge in [0, 0.05) is 23.7 Å². The van der Waals surface area contributed by atoms with Gasteiger partial charge in [0.15, 0.2) is 0 Å². The number of carbonyl (C=O) groups is 2. The van der Waals surface area contributed by atoms with Crippen LogP contribution < -0.4 is 10.6 Å². The summed E-state index contributed by atoms with van der Waals surface area (Å²) in [5.41, 5.74) is 0.428. The number of benzene rings is 2. The lowest BCUT2D eigenvalue weighted by Gasteiger charge is -2.21. The van der Waals surface area contributed by atoms with Gasteiger partial charge in [-0.15, -0.1) is 0 Å². The molecule has 1 aliphatic carbocycles. The highest BCUT2D eigenvalue weighted by atomic mass is 19.1. The first-order chi connectivity index (χ1) is 14.4. The van der Waals surface area contributed by atoms with E-state index in [1.165, 1.54) is 42.5 Å². The molecule has 7 nitrogen and oxygen atoms in total. The summed E-state index contributed by atoms with van der Waals surface area (Å²) in [5.74, 6) is -1.60. The highest BCUT2D eigenvalue weighted by Crippen LogP contribution is 2.24. The Bertz CT molecular complexity index is 984. The zero-order valence-electron chi connectivity index (χ0n) is 16.3. The first-order valence-corrected chi connectivity index (χ1v) is 9.76. The molecule has 1 aliphatic rings. The van der Waals surface area contributed by atoms with Gasteiger partial charge in [-0.2, -0.15) is 0 Å². The van der Waals surface area contributed by atoms with Crippen LogP contribution in [0.25, 0.3) is 6.08 Å². The van der Waals surface area contributed by atoms with Gasteiger partial charge in [0.25, 0.3) is 11.6 Å². The molecule has 0 saturated heterocycles. The molecule has 0 aliphatic heterocycles.